The van der Waals surface area contributed by atoms with Gasteiger partial charge in [-0.25, -0.2) is 4.98 Å². The molecule has 1 amide bonds. The Morgan fingerprint density at radius 3 is 2.96 bits per heavy atom. The average Bonchev–Trinajstić information content (AvgIpc) is 2.68. The van der Waals surface area contributed by atoms with Gasteiger partial charge in [0.05, 0.1) is 12.8 Å². The number of amides is 1. The SMILES string of the molecule is CCC1CCCCN1C(=O)c1ccnc(Nc2cc(Cl)ccc2OC)c1. The Morgan fingerprint density at radius 2 is 2.19 bits per heavy atom. The van der Waals surface area contributed by atoms with Crippen molar-refractivity contribution in [3.8, 4) is 5.75 Å². The molecule has 0 spiro atoms. The maximum absolute atomic E-state index is 13.0. The van der Waals surface area contributed by atoms with Crippen molar-refractivity contribution in [3.63, 3.8) is 0 Å². The number of benzene rings is 1. The van der Waals surface area contributed by atoms with Crippen LogP contribution in [0.15, 0.2) is 36.5 Å². The summed E-state index contributed by atoms with van der Waals surface area (Å²) in [6.45, 7) is 2.96. The lowest BCUT2D eigenvalue weighted by atomic mass is 9.99. The van der Waals surface area contributed by atoms with Gasteiger partial charge in [0.2, 0.25) is 0 Å². The number of pyridine rings is 1. The molecule has 2 heterocycles. The first kappa shape index (κ1) is 18.5. The molecule has 1 fully saturated rings. The number of aromatic nitrogens is 1. The van der Waals surface area contributed by atoms with Gasteiger partial charge < -0.3 is 15.0 Å². The molecule has 1 aliphatic heterocycles. The Kier molecular flexibility index (Phi) is 5.99. The van der Waals surface area contributed by atoms with E-state index < -0.39 is 0 Å². The van der Waals surface area contributed by atoms with Crippen molar-refractivity contribution in [2.24, 2.45) is 0 Å². The van der Waals surface area contributed by atoms with Crippen molar-refractivity contribution in [3.05, 3.63) is 47.1 Å². The molecule has 138 valence electrons. The zero-order valence-electron chi connectivity index (χ0n) is 15.2. The molecule has 1 N–H and O–H groups in total. The van der Waals surface area contributed by atoms with Crippen LogP contribution >= 0.6 is 11.6 Å². The number of hydrogen-bond donors (Lipinski definition) is 1. The van der Waals surface area contributed by atoms with Crippen LogP contribution in [0.25, 0.3) is 0 Å². The van der Waals surface area contributed by atoms with Gasteiger partial charge in [-0.2, -0.15) is 0 Å². The van der Waals surface area contributed by atoms with Gasteiger partial charge in [-0.1, -0.05) is 18.5 Å². The first-order valence-electron chi connectivity index (χ1n) is 9.00. The van der Waals surface area contributed by atoms with Crippen LogP contribution in [0.1, 0.15) is 43.0 Å². The number of carbonyl (C=O) groups excluding carboxylic acids is 1. The Hall–Kier alpha value is -2.27. The molecule has 3 rings (SSSR count). The molecule has 1 aromatic carbocycles. The smallest absolute Gasteiger partial charge is 0.254 e. The summed E-state index contributed by atoms with van der Waals surface area (Å²) in [6.07, 6.45) is 5.98. The van der Waals surface area contributed by atoms with E-state index in [-0.39, 0.29) is 5.91 Å². The van der Waals surface area contributed by atoms with E-state index >= 15 is 0 Å². The van der Waals surface area contributed by atoms with Crippen molar-refractivity contribution >= 4 is 29.0 Å². The molecule has 2 aromatic rings. The number of ether oxygens (including phenoxy) is 1. The van der Waals surface area contributed by atoms with Gasteiger partial charge in [-0.3, -0.25) is 4.79 Å². The summed E-state index contributed by atoms with van der Waals surface area (Å²) in [5.74, 6) is 1.32. The second-order valence-corrected chi connectivity index (χ2v) is 6.89. The number of nitrogens with zero attached hydrogens (tertiary/aromatic N) is 2. The summed E-state index contributed by atoms with van der Waals surface area (Å²) >= 11 is 6.08. The van der Waals surface area contributed by atoms with E-state index in [4.69, 9.17) is 16.3 Å². The lowest BCUT2D eigenvalue weighted by Gasteiger charge is -2.35. The lowest BCUT2D eigenvalue weighted by molar-refractivity contribution is 0.0608. The third-order valence-electron chi connectivity index (χ3n) is 4.79. The van der Waals surface area contributed by atoms with Crippen molar-refractivity contribution in [1.29, 1.82) is 0 Å². The monoisotopic (exact) mass is 373 g/mol. The van der Waals surface area contributed by atoms with Gasteiger partial charge in [-0.15, -0.1) is 0 Å². The second-order valence-electron chi connectivity index (χ2n) is 6.46. The molecule has 0 bridgehead atoms. The van der Waals surface area contributed by atoms with E-state index in [1.165, 1.54) is 6.42 Å². The Balaban J connectivity index is 1.82. The maximum Gasteiger partial charge on any atom is 0.254 e. The molecule has 0 aliphatic carbocycles. The number of rotatable bonds is 5. The highest BCUT2D eigenvalue weighted by molar-refractivity contribution is 6.31. The van der Waals surface area contributed by atoms with Crippen molar-refractivity contribution in [2.45, 2.75) is 38.6 Å². The van der Waals surface area contributed by atoms with E-state index in [1.807, 2.05) is 4.90 Å². The normalized spacial score (nSPS) is 17.0. The third-order valence-corrected chi connectivity index (χ3v) is 5.03. The number of hydrogen-bond acceptors (Lipinski definition) is 4. The van der Waals surface area contributed by atoms with Gasteiger partial charge in [0.1, 0.15) is 11.6 Å². The minimum absolute atomic E-state index is 0.0695. The van der Waals surface area contributed by atoms with E-state index in [9.17, 15) is 4.79 Å². The van der Waals surface area contributed by atoms with Gasteiger partial charge in [0.25, 0.3) is 5.91 Å². The van der Waals surface area contributed by atoms with Gasteiger partial charge in [0.15, 0.2) is 0 Å². The first-order chi connectivity index (χ1) is 12.6. The number of anilines is 2. The highest BCUT2D eigenvalue weighted by Gasteiger charge is 2.26. The lowest BCUT2D eigenvalue weighted by Crippen LogP contribution is -2.43. The number of nitrogens with one attached hydrogen (secondary N) is 1. The second kappa shape index (κ2) is 8.41. The van der Waals surface area contributed by atoms with Crippen LogP contribution in [0.3, 0.4) is 0 Å². The summed E-state index contributed by atoms with van der Waals surface area (Å²) in [5.41, 5.74) is 1.35. The fraction of sp³-hybridized carbons (Fsp3) is 0.400. The Bertz CT molecular complexity index is 781. The molecule has 1 saturated heterocycles. The van der Waals surface area contributed by atoms with Gasteiger partial charge >= 0.3 is 0 Å². The van der Waals surface area contributed by atoms with Crippen LogP contribution in [0.4, 0.5) is 11.5 Å². The molecule has 0 saturated carbocycles. The minimum Gasteiger partial charge on any atom is -0.495 e. The standard InChI is InChI=1S/C20H24ClN3O2/c1-3-16-6-4-5-11-24(16)20(25)14-9-10-22-19(12-14)23-17-13-15(21)7-8-18(17)26-2/h7-10,12-13,16H,3-6,11H2,1-2H3,(H,22,23). The molecule has 26 heavy (non-hydrogen) atoms. The van der Waals surface area contributed by atoms with Crippen LogP contribution in [0.5, 0.6) is 5.75 Å². The minimum atomic E-state index is 0.0695. The van der Waals surface area contributed by atoms with Crippen molar-refractivity contribution in [1.82, 2.24) is 9.88 Å². The Morgan fingerprint density at radius 1 is 1.35 bits per heavy atom. The molecule has 5 nitrogen and oxygen atoms in total. The van der Waals surface area contributed by atoms with E-state index in [0.717, 1.165) is 25.8 Å². The summed E-state index contributed by atoms with van der Waals surface area (Å²) in [6, 6.07) is 9.20. The topological polar surface area (TPSA) is 54.5 Å². The van der Waals surface area contributed by atoms with Crippen molar-refractivity contribution in [2.75, 3.05) is 19.0 Å². The fourth-order valence-electron chi connectivity index (χ4n) is 3.41. The number of carbonyl (C=O) groups is 1. The predicted octanol–water partition coefficient (Wildman–Crippen LogP) is 4.89. The highest BCUT2D eigenvalue weighted by atomic mass is 35.5. The van der Waals surface area contributed by atoms with Crippen molar-refractivity contribution < 1.29 is 9.53 Å². The van der Waals surface area contributed by atoms with Gasteiger partial charge in [-0.05, 0) is 56.0 Å². The van der Waals surface area contributed by atoms with E-state index in [1.54, 1.807) is 43.6 Å². The average molecular weight is 374 g/mol. The van der Waals surface area contributed by atoms with Crippen LogP contribution in [-0.2, 0) is 0 Å². The largest absolute Gasteiger partial charge is 0.495 e. The first-order valence-corrected chi connectivity index (χ1v) is 9.37. The number of likely N-dealkylation sites (tertiary alicyclic amines) is 1. The fourth-order valence-corrected chi connectivity index (χ4v) is 3.58. The van der Waals surface area contributed by atoms with Crippen LogP contribution in [0.2, 0.25) is 5.02 Å². The van der Waals surface area contributed by atoms with E-state index in [2.05, 4.69) is 17.2 Å². The molecule has 1 unspecified atom stereocenters. The molecule has 0 radical (unpaired) electrons. The Labute approximate surface area is 159 Å². The summed E-state index contributed by atoms with van der Waals surface area (Å²) < 4.78 is 5.35. The third kappa shape index (κ3) is 4.10. The van der Waals surface area contributed by atoms with E-state index in [0.29, 0.717) is 33.9 Å². The van der Waals surface area contributed by atoms with Crippen LogP contribution < -0.4 is 10.1 Å². The summed E-state index contributed by atoms with van der Waals surface area (Å²) in [7, 11) is 1.60. The quantitative estimate of drug-likeness (QED) is 0.810. The summed E-state index contributed by atoms with van der Waals surface area (Å²) in [4.78, 5) is 19.3. The molecular weight excluding hydrogens is 350 g/mol. The zero-order valence-corrected chi connectivity index (χ0v) is 15.9. The molecule has 1 aromatic heterocycles. The maximum atomic E-state index is 13.0. The zero-order chi connectivity index (χ0) is 18.5. The highest BCUT2D eigenvalue weighted by Crippen LogP contribution is 2.30. The molecule has 6 heteroatoms. The number of piperidine rings is 1. The summed E-state index contributed by atoms with van der Waals surface area (Å²) in [5, 5.41) is 3.79. The molecule has 1 aliphatic rings. The molecular formula is C20H24ClN3O2. The predicted molar refractivity (Wildman–Crippen MR) is 104 cm³/mol. The van der Waals surface area contributed by atoms with Crippen LogP contribution in [0, 0.1) is 0 Å². The number of methoxy groups -OCH3 is 1. The molecule has 1 atom stereocenters. The van der Waals surface area contributed by atoms with Gasteiger partial charge in [0, 0.05) is 29.4 Å². The van der Waals surface area contributed by atoms with Crippen LogP contribution in [-0.4, -0.2) is 35.5 Å². The number of halogens is 1.